The van der Waals surface area contributed by atoms with Gasteiger partial charge < -0.3 is 15.0 Å². The highest BCUT2D eigenvalue weighted by molar-refractivity contribution is 7.13. The van der Waals surface area contributed by atoms with Crippen LogP contribution in [0, 0.1) is 0 Å². The average Bonchev–Trinajstić information content (AvgIpc) is 2.87. The number of thiazole rings is 1. The van der Waals surface area contributed by atoms with Crippen LogP contribution in [0.5, 0.6) is 0 Å². The van der Waals surface area contributed by atoms with Crippen LogP contribution in [-0.2, 0) is 4.74 Å². The Hall–Kier alpha value is -0.650. The second-order valence-corrected chi connectivity index (χ2v) is 5.35. The second-order valence-electron chi connectivity index (χ2n) is 4.51. The normalized spacial score (nSPS) is 22.8. The van der Waals surface area contributed by atoms with Crippen molar-refractivity contribution in [1.29, 1.82) is 0 Å². The summed E-state index contributed by atoms with van der Waals surface area (Å²) in [4.78, 5) is 7.04. The Labute approximate surface area is 107 Å². The molecule has 1 fully saturated rings. The molecule has 96 valence electrons. The third kappa shape index (κ3) is 2.97. The first-order valence-corrected chi connectivity index (χ1v) is 7.03. The van der Waals surface area contributed by atoms with Crippen molar-refractivity contribution in [3.8, 4) is 0 Å². The third-order valence-corrected chi connectivity index (χ3v) is 4.29. The lowest BCUT2D eigenvalue weighted by Crippen LogP contribution is -2.39. The van der Waals surface area contributed by atoms with E-state index in [1.807, 2.05) is 7.05 Å². The highest BCUT2D eigenvalue weighted by Crippen LogP contribution is 2.26. The molecule has 1 aliphatic heterocycles. The summed E-state index contributed by atoms with van der Waals surface area (Å²) >= 11 is 1.73. The molecule has 4 nitrogen and oxygen atoms in total. The highest BCUT2D eigenvalue weighted by atomic mass is 32.1. The van der Waals surface area contributed by atoms with Gasteiger partial charge >= 0.3 is 0 Å². The number of anilines is 1. The molecule has 5 heteroatoms. The van der Waals surface area contributed by atoms with E-state index in [0.717, 1.165) is 30.3 Å². The van der Waals surface area contributed by atoms with Crippen LogP contribution in [0.4, 0.5) is 5.13 Å². The van der Waals surface area contributed by atoms with E-state index in [-0.39, 0.29) is 0 Å². The van der Waals surface area contributed by atoms with Crippen LogP contribution in [0.15, 0.2) is 5.38 Å². The number of aromatic nitrogens is 1. The van der Waals surface area contributed by atoms with Gasteiger partial charge in [0.25, 0.3) is 0 Å². The van der Waals surface area contributed by atoms with Crippen molar-refractivity contribution >= 4 is 16.5 Å². The quantitative estimate of drug-likeness (QED) is 0.893. The van der Waals surface area contributed by atoms with Crippen molar-refractivity contribution in [3.63, 3.8) is 0 Å². The molecule has 0 aliphatic carbocycles. The molecule has 17 heavy (non-hydrogen) atoms. The number of hydrogen-bond donors (Lipinski definition) is 1. The summed E-state index contributed by atoms with van der Waals surface area (Å²) in [7, 11) is 3.76. The fourth-order valence-corrected chi connectivity index (χ4v) is 3.03. The molecule has 2 unspecified atom stereocenters. The van der Waals surface area contributed by atoms with Crippen molar-refractivity contribution in [1.82, 2.24) is 10.3 Å². The summed E-state index contributed by atoms with van der Waals surface area (Å²) in [5.41, 5.74) is 1.13. The van der Waals surface area contributed by atoms with Crippen molar-refractivity contribution in [2.45, 2.75) is 31.9 Å². The van der Waals surface area contributed by atoms with E-state index < -0.39 is 0 Å². The number of nitrogens with zero attached hydrogens (tertiary/aromatic N) is 2. The van der Waals surface area contributed by atoms with Gasteiger partial charge in [-0.25, -0.2) is 4.98 Å². The number of ether oxygens (including phenoxy) is 1. The van der Waals surface area contributed by atoms with Gasteiger partial charge in [0.15, 0.2) is 5.13 Å². The minimum absolute atomic E-state index is 0.322. The molecule has 1 aliphatic rings. The van der Waals surface area contributed by atoms with Crippen molar-refractivity contribution in [2.75, 3.05) is 32.1 Å². The van der Waals surface area contributed by atoms with Gasteiger partial charge in [-0.3, -0.25) is 0 Å². The first-order chi connectivity index (χ1) is 8.24. The van der Waals surface area contributed by atoms with Crippen LogP contribution < -0.4 is 10.2 Å². The molecule has 1 aromatic rings. The maximum Gasteiger partial charge on any atom is 0.185 e. The molecule has 2 atom stereocenters. The zero-order valence-electron chi connectivity index (χ0n) is 10.8. The minimum Gasteiger partial charge on any atom is -0.380 e. The lowest BCUT2D eigenvalue weighted by molar-refractivity contribution is 0.0893. The van der Waals surface area contributed by atoms with E-state index in [1.165, 1.54) is 6.42 Å². The fraction of sp³-hybridized carbons (Fsp3) is 0.750. The van der Waals surface area contributed by atoms with E-state index in [9.17, 15) is 0 Å². The fourth-order valence-electron chi connectivity index (χ4n) is 2.07. The van der Waals surface area contributed by atoms with E-state index in [1.54, 1.807) is 18.4 Å². The summed E-state index contributed by atoms with van der Waals surface area (Å²) < 4.78 is 5.44. The summed E-state index contributed by atoms with van der Waals surface area (Å²) in [6, 6.07) is 0.322. The van der Waals surface area contributed by atoms with Crippen molar-refractivity contribution < 1.29 is 4.74 Å². The molecule has 1 saturated heterocycles. The Morgan fingerprint density at radius 3 is 3.18 bits per heavy atom. The van der Waals surface area contributed by atoms with Gasteiger partial charge in [-0.1, -0.05) is 0 Å². The van der Waals surface area contributed by atoms with Crippen molar-refractivity contribution in [2.24, 2.45) is 0 Å². The predicted octanol–water partition coefficient (Wildman–Crippen LogP) is 2.04. The lowest BCUT2D eigenvalue weighted by atomic mass is 10.1. The van der Waals surface area contributed by atoms with Crippen LogP contribution in [0.1, 0.15) is 31.5 Å². The molecule has 1 aromatic heterocycles. The van der Waals surface area contributed by atoms with Gasteiger partial charge in [-0.15, -0.1) is 11.3 Å². The zero-order valence-corrected chi connectivity index (χ0v) is 11.6. The molecular weight excluding hydrogens is 234 g/mol. The summed E-state index contributed by atoms with van der Waals surface area (Å²) in [5, 5.41) is 6.49. The maximum atomic E-state index is 5.44. The van der Waals surface area contributed by atoms with Crippen molar-refractivity contribution in [3.05, 3.63) is 11.1 Å². The summed E-state index contributed by atoms with van der Waals surface area (Å²) in [6.07, 6.45) is 2.71. The van der Waals surface area contributed by atoms with E-state index in [2.05, 4.69) is 22.5 Å². The average molecular weight is 255 g/mol. The second kappa shape index (κ2) is 5.80. The van der Waals surface area contributed by atoms with E-state index >= 15 is 0 Å². The van der Waals surface area contributed by atoms with Crippen LogP contribution in [0.2, 0.25) is 0 Å². The van der Waals surface area contributed by atoms with Gasteiger partial charge in [0.05, 0.1) is 11.8 Å². The largest absolute Gasteiger partial charge is 0.380 e. The summed E-state index contributed by atoms with van der Waals surface area (Å²) in [5.74, 6) is 0. The van der Waals surface area contributed by atoms with Gasteiger partial charge in [-0.2, -0.15) is 0 Å². The molecule has 0 bridgehead atoms. The number of nitrogens with one attached hydrogen (secondary N) is 1. The van der Waals surface area contributed by atoms with Crippen LogP contribution >= 0.6 is 11.3 Å². The smallest absolute Gasteiger partial charge is 0.185 e. The molecule has 2 heterocycles. The topological polar surface area (TPSA) is 37.4 Å². The van der Waals surface area contributed by atoms with Gasteiger partial charge in [0.2, 0.25) is 0 Å². The Bertz CT molecular complexity index is 355. The maximum absolute atomic E-state index is 5.44. The molecule has 0 aromatic carbocycles. The van der Waals surface area contributed by atoms with Gasteiger partial charge in [0, 0.05) is 31.6 Å². The molecule has 2 rings (SSSR count). The number of methoxy groups -OCH3 is 1. The molecule has 0 saturated carbocycles. The predicted molar refractivity (Wildman–Crippen MR) is 71.8 cm³/mol. The monoisotopic (exact) mass is 255 g/mol. The van der Waals surface area contributed by atoms with E-state index in [0.29, 0.717) is 12.1 Å². The first-order valence-electron chi connectivity index (χ1n) is 6.15. The number of rotatable bonds is 4. The minimum atomic E-state index is 0.322. The standard InChI is InChI=1S/C12H21N3OS/c1-9(13-2)11-8-17-12(14-11)15-6-4-5-10(7-15)16-3/h8-10,13H,4-7H2,1-3H3. The molecule has 0 amide bonds. The molecule has 0 radical (unpaired) electrons. The Morgan fingerprint density at radius 1 is 1.65 bits per heavy atom. The first kappa shape index (κ1) is 12.8. The van der Waals surface area contributed by atoms with Gasteiger partial charge in [0.1, 0.15) is 0 Å². The summed E-state index contributed by atoms with van der Waals surface area (Å²) in [6.45, 7) is 4.20. The SMILES string of the molecule is CNC(C)c1csc(N2CCCC(OC)C2)n1. The Morgan fingerprint density at radius 2 is 2.47 bits per heavy atom. The van der Waals surface area contributed by atoms with Crippen LogP contribution in [0.25, 0.3) is 0 Å². The van der Waals surface area contributed by atoms with Crippen LogP contribution in [0.3, 0.4) is 0 Å². The number of hydrogen-bond acceptors (Lipinski definition) is 5. The molecular formula is C12H21N3OS. The van der Waals surface area contributed by atoms with Crippen LogP contribution in [-0.4, -0.2) is 38.3 Å². The Balaban J connectivity index is 2.04. The third-order valence-electron chi connectivity index (χ3n) is 3.37. The lowest BCUT2D eigenvalue weighted by Gasteiger charge is -2.31. The molecule has 1 N–H and O–H groups in total. The highest BCUT2D eigenvalue weighted by Gasteiger charge is 2.22. The number of piperidine rings is 1. The molecule has 0 spiro atoms. The zero-order chi connectivity index (χ0) is 12.3. The Kier molecular flexibility index (Phi) is 4.36. The van der Waals surface area contributed by atoms with Gasteiger partial charge in [-0.05, 0) is 26.8 Å². The van der Waals surface area contributed by atoms with E-state index in [4.69, 9.17) is 9.72 Å².